The van der Waals surface area contributed by atoms with Crippen LogP contribution in [0.15, 0.2) is 0 Å². The van der Waals surface area contributed by atoms with E-state index in [4.69, 9.17) is 5.73 Å². The summed E-state index contributed by atoms with van der Waals surface area (Å²) >= 11 is 0. The number of hydrogen-bond acceptors (Lipinski definition) is 2. The fraction of sp³-hybridized carbons (Fsp3) is 0.917. The molecule has 1 rings (SSSR count). The minimum atomic E-state index is -4.20. The maximum absolute atomic E-state index is 11.9. The fourth-order valence-corrected chi connectivity index (χ4v) is 2.36. The van der Waals surface area contributed by atoms with Crippen molar-refractivity contribution in [3.8, 4) is 0 Å². The molecule has 1 amide bonds. The first kappa shape index (κ1) is 15.3. The molecule has 18 heavy (non-hydrogen) atoms. The van der Waals surface area contributed by atoms with Crippen LogP contribution in [-0.4, -0.2) is 24.7 Å². The molecular formula is C12H21F3N2O. The second kappa shape index (κ2) is 6.97. The summed E-state index contributed by atoms with van der Waals surface area (Å²) in [6.45, 7) is -0.327. The number of alkyl halides is 3. The van der Waals surface area contributed by atoms with Crippen LogP contribution in [0.4, 0.5) is 13.2 Å². The van der Waals surface area contributed by atoms with Crippen molar-refractivity contribution >= 4 is 5.91 Å². The van der Waals surface area contributed by atoms with E-state index in [0.29, 0.717) is 12.3 Å². The van der Waals surface area contributed by atoms with E-state index in [9.17, 15) is 18.0 Å². The molecule has 0 radical (unpaired) electrons. The van der Waals surface area contributed by atoms with E-state index in [2.05, 4.69) is 5.32 Å². The molecule has 106 valence electrons. The Hall–Kier alpha value is -0.780. The van der Waals surface area contributed by atoms with Gasteiger partial charge in [-0.25, -0.2) is 0 Å². The second-order valence-corrected chi connectivity index (χ2v) is 5.05. The molecule has 0 aliphatic heterocycles. The summed E-state index contributed by atoms with van der Waals surface area (Å²) in [5.41, 5.74) is 5.83. The highest BCUT2D eigenvalue weighted by Crippen LogP contribution is 2.26. The third kappa shape index (κ3) is 6.83. The third-order valence-electron chi connectivity index (χ3n) is 3.33. The molecule has 6 heteroatoms. The smallest absolute Gasteiger partial charge is 0.356 e. The van der Waals surface area contributed by atoms with Crippen LogP contribution < -0.4 is 11.1 Å². The monoisotopic (exact) mass is 266 g/mol. The minimum absolute atomic E-state index is 0.219. The average Bonchev–Trinajstić information content (AvgIpc) is 2.25. The van der Waals surface area contributed by atoms with Crippen LogP contribution in [0.2, 0.25) is 0 Å². The number of carbonyl (C=O) groups is 1. The molecule has 1 saturated carbocycles. The number of rotatable bonds is 5. The Bertz CT molecular complexity index is 269. The lowest BCUT2D eigenvalue weighted by Crippen LogP contribution is -2.30. The van der Waals surface area contributed by atoms with Gasteiger partial charge in [0.05, 0.1) is 6.42 Å². The van der Waals surface area contributed by atoms with Crippen LogP contribution in [0.5, 0.6) is 0 Å². The predicted octanol–water partition coefficient (Wildman–Crippen LogP) is 2.35. The Balaban J connectivity index is 2.09. The normalized spacial score (nSPS) is 24.9. The van der Waals surface area contributed by atoms with Crippen molar-refractivity contribution in [3.05, 3.63) is 0 Å². The number of amides is 1. The van der Waals surface area contributed by atoms with Crippen molar-refractivity contribution in [3.63, 3.8) is 0 Å². The van der Waals surface area contributed by atoms with Crippen LogP contribution >= 0.6 is 0 Å². The van der Waals surface area contributed by atoms with E-state index in [1.165, 1.54) is 0 Å². The Morgan fingerprint density at radius 3 is 2.67 bits per heavy atom. The Morgan fingerprint density at radius 2 is 2.06 bits per heavy atom. The molecule has 0 aromatic carbocycles. The molecule has 0 aromatic rings. The van der Waals surface area contributed by atoms with Crippen LogP contribution in [0.3, 0.4) is 0 Å². The molecule has 1 fully saturated rings. The first-order valence-electron chi connectivity index (χ1n) is 6.46. The van der Waals surface area contributed by atoms with Gasteiger partial charge in [0.15, 0.2) is 0 Å². The largest absolute Gasteiger partial charge is 0.390 e. The Labute approximate surface area is 105 Å². The number of hydrogen-bond donors (Lipinski definition) is 2. The summed E-state index contributed by atoms with van der Waals surface area (Å²) in [5.74, 6) is 0.153. The van der Waals surface area contributed by atoms with Gasteiger partial charge in [-0.1, -0.05) is 12.8 Å². The van der Waals surface area contributed by atoms with Gasteiger partial charge in [-0.3, -0.25) is 4.79 Å². The van der Waals surface area contributed by atoms with E-state index >= 15 is 0 Å². The highest BCUT2D eigenvalue weighted by atomic mass is 19.4. The summed E-state index contributed by atoms with van der Waals surface area (Å²) in [5, 5.41) is 2.30. The molecule has 2 atom stereocenters. The highest BCUT2D eigenvalue weighted by molar-refractivity contribution is 5.75. The molecule has 0 aromatic heterocycles. The van der Waals surface area contributed by atoms with Gasteiger partial charge in [0.2, 0.25) is 5.91 Å². The summed E-state index contributed by atoms with van der Waals surface area (Å²) < 4.78 is 35.6. The number of carbonyl (C=O) groups excluding carboxylic acids is 1. The molecule has 0 spiro atoms. The first-order chi connectivity index (χ1) is 8.37. The fourth-order valence-electron chi connectivity index (χ4n) is 2.36. The van der Waals surface area contributed by atoms with Crippen molar-refractivity contribution in [2.24, 2.45) is 11.7 Å². The quantitative estimate of drug-likeness (QED) is 0.802. The highest BCUT2D eigenvalue weighted by Gasteiger charge is 2.26. The summed E-state index contributed by atoms with van der Waals surface area (Å²) in [7, 11) is 0. The van der Waals surface area contributed by atoms with Gasteiger partial charge in [0.1, 0.15) is 0 Å². The summed E-state index contributed by atoms with van der Waals surface area (Å²) in [6, 6.07) is 0.219. The number of halogens is 3. The van der Waals surface area contributed by atoms with Gasteiger partial charge in [-0.05, 0) is 25.2 Å². The Morgan fingerprint density at radius 1 is 1.33 bits per heavy atom. The molecule has 0 bridgehead atoms. The van der Waals surface area contributed by atoms with Crippen molar-refractivity contribution in [2.75, 3.05) is 6.54 Å². The maximum Gasteiger partial charge on any atom is 0.390 e. The van der Waals surface area contributed by atoms with Gasteiger partial charge in [0.25, 0.3) is 0 Å². The molecule has 3 nitrogen and oxygen atoms in total. The standard InChI is InChI=1S/C12H21F3N2O/c13-12(14,15)6-7-17-11(18)5-4-9-2-1-3-10(16)8-9/h9-10H,1-8,16H2,(H,17,18). The van der Waals surface area contributed by atoms with Crippen LogP contribution in [0.25, 0.3) is 0 Å². The third-order valence-corrected chi connectivity index (χ3v) is 3.33. The molecule has 0 saturated heterocycles. The Kier molecular flexibility index (Phi) is 5.91. The molecule has 2 unspecified atom stereocenters. The lowest BCUT2D eigenvalue weighted by molar-refractivity contribution is -0.135. The van der Waals surface area contributed by atoms with Crippen LogP contribution in [0, 0.1) is 5.92 Å². The molecular weight excluding hydrogens is 245 g/mol. The first-order valence-corrected chi connectivity index (χ1v) is 6.46. The van der Waals surface area contributed by atoms with Gasteiger partial charge in [-0.15, -0.1) is 0 Å². The van der Waals surface area contributed by atoms with Gasteiger partial charge in [-0.2, -0.15) is 13.2 Å². The van der Waals surface area contributed by atoms with Crippen molar-refractivity contribution in [1.82, 2.24) is 5.32 Å². The second-order valence-electron chi connectivity index (χ2n) is 5.05. The van der Waals surface area contributed by atoms with Crippen molar-refractivity contribution in [2.45, 2.75) is 57.2 Å². The number of nitrogens with two attached hydrogens (primary N) is 1. The zero-order valence-electron chi connectivity index (χ0n) is 10.4. The molecule has 1 aliphatic rings. The average molecular weight is 266 g/mol. The molecule has 1 aliphatic carbocycles. The minimum Gasteiger partial charge on any atom is -0.356 e. The summed E-state index contributed by atoms with van der Waals surface area (Å²) in [6.07, 6.45) is -0.0214. The molecule has 3 N–H and O–H groups in total. The number of nitrogens with one attached hydrogen (secondary N) is 1. The van der Waals surface area contributed by atoms with E-state index in [1.807, 2.05) is 0 Å². The SMILES string of the molecule is NC1CCCC(CCC(=O)NCCC(F)(F)F)C1. The van der Waals surface area contributed by atoms with Gasteiger partial charge in [0, 0.05) is 19.0 Å². The van der Waals surface area contributed by atoms with Crippen LogP contribution in [0.1, 0.15) is 44.9 Å². The van der Waals surface area contributed by atoms with E-state index in [1.54, 1.807) is 0 Å². The van der Waals surface area contributed by atoms with Gasteiger partial charge >= 0.3 is 6.18 Å². The summed E-state index contributed by atoms with van der Waals surface area (Å²) in [4.78, 5) is 11.3. The lowest BCUT2D eigenvalue weighted by Gasteiger charge is -2.26. The predicted molar refractivity (Wildman–Crippen MR) is 62.8 cm³/mol. The molecule has 0 heterocycles. The topological polar surface area (TPSA) is 55.1 Å². The maximum atomic E-state index is 11.9. The van der Waals surface area contributed by atoms with Crippen molar-refractivity contribution < 1.29 is 18.0 Å². The van der Waals surface area contributed by atoms with Crippen molar-refractivity contribution in [1.29, 1.82) is 0 Å². The van der Waals surface area contributed by atoms with E-state index in [0.717, 1.165) is 32.1 Å². The zero-order valence-corrected chi connectivity index (χ0v) is 10.4. The van der Waals surface area contributed by atoms with Gasteiger partial charge < -0.3 is 11.1 Å². The lowest BCUT2D eigenvalue weighted by atomic mass is 9.83. The van der Waals surface area contributed by atoms with E-state index in [-0.39, 0.29) is 18.5 Å². The zero-order chi connectivity index (χ0) is 13.6. The van der Waals surface area contributed by atoms with Crippen LogP contribution in [-0.2, 0) is 4.79 Å². The van der Waals surface area contributed by atoms with E-state index < -0.39 is 12.6 Å².